The first-order valence-corrected chi connectivity index (χ1v) is 11.2. The van der Waals surface area contributed by atoms with Gasteiger partial charge in [0, 0.05) is 12.5 Å². The van der Waals surface area contributed by atoms with Gasteiger partial charge in [-0.15, -0.1) is 11.8 Å². The van der Waals surface area contributed by atoms with Gasteiger partial charge in [0.05, 0.1) is 17.5 Å². The van der Waals surface area contributed by atoms with Gasteiger partial charge in [-0.05, 0) is 24.3 Å². The summed E-state index contributed by atoms with van der Waals surface area (Å²) in [5, 5.41) is 8.03. The zero-order valence-corrected chi connectivity index (χ0v) is 18.0. The number of nitrogens with zero attached hydrogens (tertiary/aromatic N) is 3. The fourth-order valence-corrected chi connectivity index (χ4v) is 3.74. The highest BCUT2D eigenvalue weighted by atomic mass is 32.2. The Labute approximate surface area is 180 Å². The number of rotatable bonds is 10. The van der Waals surface area contributed by atoms with Crippen molar-refractivity contribution in [1.29, 1.82) is 0 Å². The van der Waals surface area contributed by atoms with Crippen LogP contribution in [0.25, 0.3) is 5.65 Å². The van der Waals surface area contributed by atoms with Crippen LogP contribution in [0.2, 0.25) is 0 Å². The Morgan fingerprint density at radius 3 is 2.83 bits per heavy atom. The van der Waals surface area contributed by atoms with E-state index in [0.29, 0.717) is 17.8 Å². The number of thioether (sulfide) groups is 1. The van der Waals surface area contributed by atoms with Crippen LogP contribution >= 0.6 is 11.8 Å². The van der Waals surface area contributed by atoms with Gasteiger partial charge in [0.15, 0.2) is 11.9 Å². The number of unbranched alkanes of at least 4 members (excludes halogenated alkanes) is 1. The third-order valence-corrected chi connectivity index (χ3v) is 5.56. The minimum absolute atomic E-state index is 0.0135. The summed E-state index contributed by atoms with van der Waals surface area (Å²) in [7, 11) is 0. The lowest BCUT2D eigenvalue weighted by molar-refractivity contribution is 0.112. The maximum Gasteiger partial charge on any atom is 0.407 e. The van der Waals surface area contributed by atoms with Gasteiger partial charge >= 0.3 is 6.09 Å². The van der Waals surface area contributed by atoms with Crippen molar-refractivity contribution < 1.29 is 14.3 Å². The van der Waals surface area contributed by atoms with E-state index in [9.17, 15) is 9.59 Å². The Kier molecular flexibility index (Phi) is 7.84. The van der Waals surface area contributed by atoms with E-state index < -0.39 is 6.09 Å². The summed E-state index contributed by atoms with van der Waals surface area (Å²) < 4.78 is 7.00. The van der Waals surface area contributed by atoms with Crippen LogP contribution in [0, 0.1) is 0 Å². The Bertz CT molecular complexity index is 991. The average molecular weight is 427 g/mol. The Hall–Kier alpha value is -2.87. The number of aldehydes is 1. The summed E-state index contributed by atoms with van der Waals surface area (Å²) in [4.78, 5) is 28.3. The molecular weight excluding hydrogens is 400 g/mol. The number of amides is 1. The van der Waals surface area contributed by atoms with Crippen LogP contribution in [-0.2, 0) is 11.3 Å². The van der Waals surface area contributed by atoms with Gasteiger partial charge < -0.3 is 10.1 Å². The lowest BCUT2D eigenvalue weighted by Crippen LogP contribution is -2.29. The van der Waals surface area contributed by atoms with Gasteiger partial charge in [-0.3, -0.25) is 4.79 Å². The van der Waals surface area contributed by atoms with Gasteiger partial charge in [0.1, 0.15) is 11.6 Å². The summed E-state index contributed by atoms with van der Waals surface area (Å²) in [6.45, 7) is 2.77. The summed E-state index contributed by atoms with van der Waals surface area (Å²) in [5.41, 5.74) is 2.78. The number of carbonyl (C=O) groups excluding carboxylic acids is 2. The zero-order chi connectivity index (χ0) is 21.3. The second-order valence-electron chi connectivity index (χ2n) is 6.96. The standard InChI is InChI=1S/C22H26N4O3S/c1-3-4-10-17(12-23-22(28)29-15-16-8-6-5-7-9-16)19-11-20(30-2)26-21(25-19)18(14-27)13-24-26/h5-9,11,13-14,17H,3-4,10,12,15H2,1-2H3,(H,23,28). The van der Waals surface area contributed by atoms with Gasteiger partial charge in [-0.2, -0.15) is 5.10 Å². The van der Waals surface area contributed by atoms with Crippen LogP contribution in [0.1, 0.15) is 53.7 Å². The molecule has 3 aromatic rings. The zero-order valence-electron chi connectivity index (χ0n) is 17.2. The molecule has 0 aliphatic heterocycles. The van der Waals surface area contributed by atoms with Crippen molar-refractivity contribution in [3.05, 3.63) is 59.4 Å². The molecular formula is C22H26N4O3S. The summed E-state index contributed by atoms with van der Waals surface area (Å²) in [5.74, 6) is 0.0135. The molecule has 0 aliphatic carbocycles. The highest BCUT2D eigenvalue weighted by molar-refractivity contribution is 7.98. The molecule has 1 atom stereocenters. The summed E-state index contributed by atoms with van der Waals surface area (Å²) >= 11 is 1.54. The van der Waals surface area contributed by atoms with Crippen LogP contribution < -0.4 is 5.32 Å². The lowest BCUT2D eigenvalue weighted by atomic mass is 9.98. The van der Waals surface area contributed by atoms with E-state index in [1.807, 2.05) is 42.7 Å². The molecule has 2 aromatic heterocycles. The van der Waals surface area contributed by atoms with Crippen molar-refractivity contribution in [2.75, 3.05) is 12.8 Å². The second-order valence-corrected chi connectivity index (χ2v) is 7.78. The van der Waals surface area contributed by atoms with Crippen molar-refractivity contribution in [3.63, 3.8) is 0 Å². The van der Waals surface area contributed by atoms with Crippen molar-refractivity contribution in [2.24, 2.45) is 0 Å². The van der Waals surface area contributed by atoms with E-state index in [-0.39, 0.29) is 12.5 Å². The number of carbonyl (C=O) groups is 2. The molecule has 3 rings (SSSR count). The molecule has 158 valence electrons. The van der Waals surface area contributed by atoms with E-state index in [4.69, 9.17) is 9.72 Å². The number of hydrogen-bond acceptors (Lipinski definition) is 6. The first kappa shape index (κ1) is 21.8. The average Bonchev–Trinajstić information content (AvgIpc) is 3.21. The summed E-state index contributed by atoms with van der Waals surface area (Å²) in [6.07, 6.45) is 6.72. The second kappa shape index (κ2) is 10.8. The number of benzene rings is 1. The molecule has 0 saturated carbocycles. The monoisotopic (exact) mass is 426 g/mol. The highest BCUT2D eigenvalue weighted by Crippen LogP contribution is 2.26. The van der Waals surface area contributed by atoms with Crippen molar-refractivity contribution >= 4 is 29.8 Å². The smallest absolute Gasteiger partial charge is 0.407 e. The number of aromatic nitrogens is 3. The van der Waals surface area contributed by atoms with Crippen molar-refractivity contribution in [3.8, 4) is 0 Å². The van der Waals surface area contributed by atoms with E-state index in [0.717, 1.165) is 41.8 Å². The van der Waals surface area contributed by atoms with E-state index in [1.54, 1.807) is 16.3 Å². The molecule has 0 fully saturated rings. The normalized spacial score (nSPS) is 11.9. The molecule has 1 N–H and O–H groups in total. The van der Waals surface area contributed by atoms with Crippen LogP contribution in [-0.4, -0.2) is 39.8 Å². The maximum atomic E-state index is 12.2. The highest BCUT2D eigenvalue weighted by Gasteiger charge is 2.19. The predicted molar refractivity (Wildman–Crippen MR) is 117 cm³/mol. The topological polar surface area (TPSA) is 85.6 Å². The number of ether oxygens (including phenoxy) is 1. The number of hydrogen-bond donors (Lipinski definition) is 1. The molecule has 2 heterocycles. The molecule has 8 heteroatoms. The molecule has 0 radical (unpaired) electrons. The number of alkyl carbamates (subject to hydrolysis) is 1. The summed E-state index contributed by atoms with van der Waals surface area (Å²) in [6, 6.07) is 11.5. The van der Waals surface area contributed by atoms with Crippen LogP contribution in [0.3, 0.4) is 0 Å². The first-order valence-electron chi connectivity index (χ1n) is 9.98. The van der Waals surface area contributed by atoms with Gasteiger partial charge in [0.2, 0.25) is 0 Å². The van der Waals surface area contributed by atoms with Crippen molar-refractivity contribution in [1.82, 2.24) is 19.9 Å². The fraction of sp³-hybridized carbons (Fsp3) is 0.364. The van der Waals surface area contributed by atoms with E-state index >= 15 is 0 Å². The fourth-order valence-electron chi connectivity index (χ4n) is 3.19. The largest absolute Gasteiger partial charge is 0.445 e. The van der Waals surface area contributed by atoms with Crippen molar-refractivity contribution in [2.45, 2.75) is 43.7 Å². The van der Waals surface area contributed by atoms with Crippen LogP contribution in [0.15, 0.2) is 47.6 Å². The van der Waals surface area contributed by atoms with Crippen LogP contribution in [0.5, 0.6) is 0 Å². The van der Waals surface area contributed by atoms with E-state index in [1.165, 1.54) is 6.20 Å². The molecule has 1 amide bonds. The molecule has 30 heavy (non-hydrogen) atoms. The third kappa shape index (κ3) is 5.38. The van der Waals surface area contributed by atoms with Crippen LogP contribution in [0.4, 0.5) is 4.79 Å². The minimum atomic E-state index is -0.454. The molecule has 0 bridgehead atoms. The Morgan fingerprint density at radius 1 is 1.33 bits per heavy atom. The predicted octanol–water partition coefficient (Wildman–Crippen LogP) is 4.46. The maximum absolute atomic E-state index is 12.2. The first-order chi connectivity index (χ1) is 14.7. The van der Waals surface area contributed by atoms with Gasteiger partial charge in [-0.25, -0.2) is 14.3 Å². The third-order valence-electron chi connectivity index (χ3n) is 4.85. The number of nitrogens with one attached hydrogen (secondary N) is 1. The van der Waals surface area contributed by atoms with Gasteiger partial charge in [0.25, 0.3) is 0 Å². The Morgan fingerprint density at radius 2 is 2.13 bits per heavy atom. The molecule has 1 unspecified atom stereocenters. The SMILES string of the molecule is CCCCC(CNC(=O)OCc1ccccc1)c1cc(SC)n2ncc(C=O)c2n1. The van der Waals surface area contributed by atoms with Gasteiger partial charge in [-0.1, -0.05) is 50.1 Å². The molecule has 7 nitrogen and oxygen atoms in total. The van der Waals surface area contributed by atoms with E-state index in [2.05, 4.69) is 17.3 Å². The molecule has 0 saturated heterocycles. The molecule has 1 aromatic carbocycles. The lowest BCUT2D eigenvalue weighted by Gasteiger charge is -2.18. The minimum Gasteiger partial charge on any atom is -0.445 e. The molecule has 0 spiro atoms. The Balaban J connectivity index is 1.73. The molecule has 0 aliphatic rings. The number of fused-ring (bicyclic) bond motifs is 1. The quantitative estimate of drug-likeness (QED) is 0.293.